The topological polar surface area (TPSA) is 188 Å². The smallest absolute Gasteiger partial charge is 0.326 e. The molecule has 3 amide bonds. The molecule has 1 heterocycles. The zero-order valence-electron chi connectivity index (χ0n) is 21.7. The number of likely N-dealkylation sites (tertiary alicyclic amines) is 1. The van der Waals surface area contributed by atoms with Crippen LogP contribution in [0.3, 0.4) is 0 Å². The lowest BCUT2D eigenvalue weighted by Crippen LogP contribution is -2.57. The fourth-order valence-electron chi connectivity index (χ4n) is 4.44. The number of carboxylic acid groups (broad SMARTS) is 1. The average Bonchev–Trinajstić information content (AvgIpc) is 3.37. The van der Waals surface area contributed by atoms with Gasteiger partial charge in [0.25, 0.3) is 0 Å². The Morgan fingerprint density at radius 2 is 1.81 bits per heavy atom. The number of nitrogens with zero attached hydrogens (tertiary/aromatic N) is 1. The number of amides is 3. The van der Waals surface area contributed by atoms with Crippen molar-refractivity contribution >= 4 is 23.7 Å². The first-order valence-corrected chi connectivity index (χ1v) is 13.0. The van der Waals surface area contributed by atoms with Gasteiger partial charge in [-0.1, -0.05) is 32.4 Å². The summed E-state index contributed by atoms with van der Waals surface area (Å²) in [5, 5.41) is 24.3. The molecule has 0 spiro atoms. The zero-order valence-corrected chi connectivity index (χ0v) is 21.7. The molecule has 0 bridgehead atoms. The van der Waals surface area contributed by atoms with Gasteiger partial charge in [0.2, 0.25) is 17.7 Å². The van der Waals surface area contributed by atoms with E-state index in [4.69, 9.17) is 11.5 Å². The normalized spacial score (nSPS) is 18.5. The van der Waals surface area contributed by atoms with Gasteiger partial charge in [-0.2, -0.15) is 0 Å². The van der Waals surface area contributed by atoms with Crippen LogP contribution in [0.25, 0.3) is 0 Å². The number of aliphatic carboxylic acids is 1. The number of rotatable bonds is 14. The van der Waals surface area contributed by atoms with Gasteiger partial charge < -0.3 is 37.2 Å². The molecule has 0 aliphatic carbocycles. The molecular formula is C26H41N5O6. The summed E-state index contributed by atoms with van der Waals surface area (Å²) in [5.41, 5.74) is 12.5. The maximum absolute atomic E-state index is 13.5. The van der Waals surface area contributed by atoms with Crippen molar-refractivity contribution in [2.75, 3.05) is 13.1 Å². The quantitative estimate of drug-likeness (QED) is 0.191. The van der Waals surface area contributed by atoms with Gasteiger partial charge in [-0.3, -0.25) is 14.4 Å². The maximum atomic E-state index is 13.5. The first kappa shape index (κ1) is 30.0. The minimum atomic E-state index is -1.12. The summed E-state index contributed by atoms with van der Waals surface area (Å²) < 4.78 is 0. The number of hydrogen-bond acceptors (Lipinski definition) is 7. The highest BCUT2D eigenvalue weighted by molar-refractivity contribution is 5.94. The Bertz CT molecular complexity index is 925. The van der Waals surface area contributed by atoms with Crippen LogP contribution in [-0.2, 0) is 25.6 Å². The molecule has 2 rings (SSSR count). The predicted molar refractivity (Wildman–Crippen MR) is 138 cm³/mol. The molecule has 1 aliphatic rings. The number of carbonyl (C=O) groups is 4. The fraction of sp³-hybridized carbons (Fsp3) is 0.615. The van der Waals surface area contributed by atoms with Crippen molar-refractivity contribution in [3.8, 4) is 5.75 Å². The summed E-state index contributed by atoms with van der Waals surface area (Å²) >= 11 is 0. The Morgan fingerprint density at radius 1 is 1.14 bits per heavy atom. The molecule has 1 aromatic carbocycles. The van der Waals surface area contributed by atoms with Gasteiger partial charge in [-0.05, 0) is 68.7 Å². The van der Waals surface area contributed by atoms with Crippen LogP contribution in [0.4, 0.5) is 0 Å². The van der Waals surface area contributed by atoms with Gasteiger partial charge in [-0.15, -0.1) is 0 Å². The number of phenolic OH excluding ortho intramolecular Hbond substituents is 1. The van der Waals surface area contributed by atoms with Gasteiger partial charge in [-0.25, -0.2) is 4.79 Å². The third-order valence-corrected chi connectivity index (χ3v) is 6.91. The van der Waals surface area contributed by atoms with Crippen LogP contribution in [0.5, 0.6) is 5.75 Å². The minimum Gasteiger partial charge on any atom is -0.508 e. The number of carbonyl (C=O) groups excluding carboxylic acids is 3. The average molecular weight is 520 g/mol. The number of aromatic hydroxyl groups is 1. The molecule has 11 nitrogen and oxygen atoms in total. The van der Waals surface area contributed by atoms with Gasteiger partial charge in [0.05, 0.1) is 6.04 Å². The van der Waals surface area contributed by atoms with Gasteiger partial charge in [0.15, 0.2) is 0 Å². The number of phenols is 1. The van der Waals surface area contributed by atoms with Crippen molar-refractivity contribution in [2.45, 2.75) is 83.0 Å². The van der Waals surface area contributed by atoms with Crippen LogP contribution in [0.15, 0.2) is 24.3 Å². The van der Waals surface area contributed by atoms with Crippen LogP contribution in [0.1, 0.15) is 57.9 Å². The van der Waals surface area contributed by atoms with E-state index in [1.54, 1.807) is 19.1 Å². The van der Waals surface area contributed by atoms with Crippen molar-refractivity contribution < 1.29 is 29.4 Å². The van der Waals surface area contributed by atoms with E-state index in [9.17, 15) is 29.4 Å². The molecule has 11 heteroatoms. The molecule has 1 aromatic rings. The molecule has 0 saturated carbocycles. The molecule has 0 radical (unpaired) electrons. The second-order valence-electron chi connectivity index (χ2n) is 9.72. The number of hydrogen-bond donors (Lipinski definition) is 6. The van der Waals surface area contributed by atoms with E-state index in [2.05, 4.69) is 10.6 Å². The summed E-state index contributed by atoms with van der Waals surface area (Å²) in [6.07, 6.45) is 3.39. The number of nitrogens with two attached hydrogens (primary N) is 2. The van der Waals surface area contributed by atoms with E-state index in [1.165, 1.54) is 17.0 Å². The summed E-state index contributed by atoms with van der Waals surface area (Å²) in [7, 11) is 0. The molecule has 0 aromatic heterocycles. The van der Waals surface area contributed by atoms with Crippen molar-refractivity contribution in [3.05, 3.63) is 29.8 Å². The standard InChI is InChI=1S/C26H41N5O6/c1-3-16(2)22(26(36)37)30-24(34)21-8-6-14-31(21)25(35)20(7-4-5-13-27)29-23(33)19(28)15-17-9-11-18(32)12-10-17/h9-12,16,19-22,32H,3-8,13-15,27-28H2,1-2H3,(H,29,33)(H,30,34)(H,36,37). The van der Waals surface area contributed by atoms with Crippen LogP contribution in [-0.4, -0.2) is 76.1 Å². The second-order valence-corrected chi connectivity index (χ2v) is 9.72. The highest BCUT2D eigenvalue weighted by Crippen LogP contribution is 2.21. The van der Waals surface area contributed by atoms with E-state index >= 15 is 0 Å². The Labute approximate surface area is 217 Å². The van der Waals surface area contributed by atoms with Gasteiger partial charge >= 0.3 is 5.97 Å². The Kier molecular flexibility index (Phi) is 11.8. The first-order valence-electron chi connectivity index (χ1n) is 13.0. The van der Waals surface area contributed by atoms with Crippen molar-refractivity contribution in [1.29, 1.82) is 0 Å². The third kappa shape index (κ3) is 8.71. The Morgan fingerprint density at radius 3 is 2.41 bits per heavy atom. The van der Waals surface area contributed by atoms with E-state index in [1.807, 2.05) is 6.92 Å². The number of nitrogens with one attached hydrogen (secondary N) is 2. The molecular weight excluding hydrogens is 478 g/mol. The lowest BCUT2D eigenvalue weighted by atomic mass is 9.98. The molecule has 206 valence electrons. The first-order chi connectivity index (χ1) is 17.6. The lowest BCUT2D eigenvalue weighted by Gasteiger charge is -2.30. The van der Waals surface area contributed by atoms with Gasteiger partial charge in [0.1, 0.15) is 23.9 Å². The van der Waals surface area contributed by atoms with E-state index in [-0.39, 0.29) is 18.1 Å². The predicted octanol–water partition coefficient (Wildman–Crippen LogP) is 0.482. The SMILES string of the molecule is CCC(C)C(NC(=O)C1CCCN1C(=O)C(CCCCN)NC(=O)C(N)Cc1ccc(O)cc1)C(=O)O. The number of benzene rings is 1. The highest BCUT2D eigenvalue weighted by atomic mass is 16.4. The van der Waals surface area contributed by atoms with E-state index < -0.39 is 47.9 Å². The Hall–Kier alpha value is -3.18. The molecule has 5 atom stereocenters. The van der Waals surface area contributed by atoms with Crippen molar-refractivity contribution in [2.24, 2.45) is 17.4 Å². The summed E-state index contributed by atoms with van der Waals surface area (Å²) in [5.74, 6) is -2.68. The highest BCUT2D eigenvalue weighted by Gasteiger charge is 2.39. The monoisotopic (exact) mass is 519 g/mol. The van der Waals surface area contributed by atoms with E-state index in [0.29, 0.717) is 51.6 Å². The summed E-state index contributed by atoms with van der Waals surface area (Å²) in [6, 6.07) is 2.70. The van der Waals surface area contributed by atoms with Crippen LogP contribution < -0.4 is 22.1 Å². The molecule has 1 aliphatic heterocycles. The molecule has 1 fully saturated rings. The minimum absolute atomic E-state index is 0.107. The third-order valence-electron chi connectivity index (χ3n) is 6.91. The largest absolute Gasteiger partial charge is 0.508 e. The lowest BCUT2D eigenvalue weighted by molar-refractivity contribution is -0.146. The van der Waals surface area contributed by atoms with E-state index in [0.717, 1.165) is 5.56 Å². The molecule has 8 N–H and O–H groups in total. The second kappa shape index (κ2) is 14.5. The summed E-state index contributed by atoms with van der Waals surface area (Å²) in [4.78, 5) is 52.6. The van der Waals surface area contributed by atoms with Crippen LogP contribution >= 0.6 is 0 Å². The molecule has 37 heavy (non-hydrogen) atoms. The van der Waals surface area contributed by atoms with Crippen LogP contribution in [0.2, 0.25) is 0 Å². The molecule has 1 saturated heterocycles. The maximum Gasteiger partial charge on any atom is 0.326 e. The summed E-state index contributed by atoms with van der Waals surface area (Å²) in [6.45, 7) is 4.37. The van der Waals surface area contributed by atoms with Crippen molar-refractivity contribution in [3.63, 3.8) is 0 Å². The fourth-order valence-corrected chi connectivity index (χ4v) is 4.44. The zero-order chi connectivity index (χ0) is 27.5. The Balaban J connectivity index is 2.11. The van der Waals surface area contributed by atoms with Gasteiger partial charge in [0, 0.05) is 6.54 Å². The molecule has 5 unspecified atom stereocenters. The number of unbranched alkanes of at least 4 members (excludes halogenated alkanes) is 1. The van der Waals surface area contributed by atoms with Crippen molar-refractivity contribution in [1.82, 2.24) is 15.5 Å². The van der Waals surface area contributed by atoms with Crippen LogP contribution in [0, 0.1) is 5.92 Å². The number of carboxylic acids is 1.